The van der Waals surface area contributed by atoms with Gasteiger partial charge in [-0.15, -0.1) is 0 Å². The van der Waals surface area contributed by atoms with Crippen LogP contribution in [0.25, 0.3) is 0 Å². The predicted octanol–water partition coefficient (Wildman–Crippen LogP) is 4.22. The first-order chi connectivity index (χ1) is 8.99. The zero-order valence-corrected chi connectivity index (χ0v) is 12.3. The summed E-state index contributed by atoms with van der Waals surface area (Å²) in [4.78, 5) is 13.2. The lowest BCUT2D eigenvalue weighted by Gasteiger charge is -2.22. The lowest BCUT2D eigenvalue weighted by molar-refractivity contribution is 0.0697. The summed E-state index contributed by atoms with van der Waals surface area (Å²) in [7, 11) is 1.87. The molecule has 19 heavy (non-hydrogen) atoms. The average molecular weight is 320 g/mol. The maximum atomic E-state index is 11.3. The number of rotatable bonds is 3. The van der Waals surface area contributed by atoms with Crippen LogP contribution < -0.4 is 4.90 Å². The van der Waals surface area contributed by atoms with Gasteiger partial charge in [0.2, 0.25) is 0 Å². The molecule has 2 rings (SSSR count). The standard InChI is InChI=1S/C15H14BrNO2/c1-10-4-3-5-12(8-10)17(2)14-7-6-11(16)9-13(14)15(18)19/h3-9H,1-2H3,(H,18,19). The number of carbonyl (C=O) groups is 1. The monoisotopic (exact) mass is 319 g/mol. The zero-order chi connectivity index (χ0) is 14.0. The molecule has 3 nitrogen and oxygen atoms in total. The van der Waals surface area contributed by atoms with Crippen molar-refractivity contribution in [2.45, 2.75) is 6.92 Å². The largest absolute Gasteiger partial charge is 0.478 e. The maximum Gasteiger partial charge on any atom is 0.337 e. The van der Waals surface area contributed by atoms with E-state index >= 15 is 0 Å². The quantitative estimate of drug-likeness (QED) is 0.920. The highest BCUT2D eigenvalue weighted by molar-refractivity contribution is 9.10. The number of benzene rings is 2. The van der Waals surface area contributed by atoms with E-state index in [0.29, 0.717) is 5.69 Å². The molecule has 2 aromatic carbocycles. The molecule has 0 aromatic heterocycles. The lowest BCUT2D eigenvalue weighted by atomic mass is 10.1. The molecule has 0 aliphatic carbocycles. The van der Waals surface area contributed by atoms with E-state index in [1.54, 1.807) is 12.1 Å². The van der Waals surface area contributed by atoms with Crippen molar-refractivity contribution in [3.8, 4) is 0 Å². The summed E-state index contributed by atoms with van der Waals surface area (Å²) in [6, 6.07) is 13.2. The zero-order valence-electron chi connectivity index (χ0n) is 10.7. The number of hydrogen-bond acceptors (Lipinski definition) is 2. The van der Waals surface area contributed by atoms with Crippen molar-refractivity contribution in [2.24, 2.45) is 0 Å². The minimum atomic E-state index is -0.934. The van der Waals surface area contributed by atoms with E-state index in [9.17, 15) is 9.90 Å². The number of halogens is 1. The third-order valence-electron chi connectivity index (χ3n) is 2.94. The molecule has 98 valence electrons. The molecule has 0 fully saturated rings. The molecular formula is C15H14BrNO2. The second kappa shape index (κ2) is 5.45. The average Bonchev–Trinajstić information content (AvgIpc) is 2.37. The molecule has 0 atom stereocenters. The molecule has 1 N–H and O–H groups in total. The van der Waals surface area contributed by atoms with Gasteiger partial charge >= 0.3 is 5.97 Å². The van der Waals surface area contributed by atoms with Gasteiger partial charge in [0.25, 0.3) is 0 Å². The van der Waals surface area contributed by atoms with E-state index < -0.39 is 5.97 Å². The topological polar surface area (TPSA) is 40.5 Å². The summed E-state index contributed by atoms with van der Waals surface area (Å²) in [6.45, 7) is 2.01. The van der Waals surface area contributed by atoms with Crippen molar-refractivity contribution in [1.82, 2.24) is 0 Å². The molecule has 0 bridgehead atoms. The normalized spacial score (nSPS) is 10.3. The molecular weight excluding hydrogens is 306 g/mol. The van der Waals surface area contributed by atoms with Crippen LogP contribution >= 0.6 is 15.9 Å². The summed E-state index contributed by atoms with van der Waals surface area (Å²) in [5, 5.41) is 9.29. The number of carboxylic acid groups (broad SMARTS) is 1. The number of aryl methyl sites for hydroxylation is 1. The minimum absolute atomic E-state index is 0.276. The Kier molecular flexibility index (Phi) is 3.90. The number of hydrogen-bond donors (Lipinski definition) is 1. The third-order valence-corrected chi connectivity index (χ3v) is 3.43. The van der Waals surface area contributed by atoms with E-state index in [-0.39, 0.29) is 5.56 Å². The molecule has 0 aliphatic rings. The van der Waals surface area contributed by atoms with Crippen LogP contribution in [-0.2, 0) is 0 Å². The highest BCUT2D eigenvalue weighted by Gasteiger charge is 2.15. The second-order valence-corrected chi connectivity index (χ2v) is 5.28. The smallest absolute Gasteiger partial charge is 0.337 e. The fourth-order valence-corrected chi connectivity index (χ4v) is 2.31. The van der Waals surface area contributed by atoms with Crippen molar-refractivity contribution in [2.75, 3.05) is 11.9 Å². The van der Waals surface area contributed by atoms with Crippen molar-refractivity contribution in [3.63, 3.8) is 0 Å². The predicted molar refractivity (Wildman–Crippen MR) is 80.3 cm³/mol. The molecule has 2 aromatic rings. The van der Waals surface area contributed by atoms with Crippen molar-refractivity contribution in [1.29, 1.82) is 0 Å². The van der Waals surface area contributed by atoms with Gasteiger partial charge in [-0.05, 0) is 42.8 Å². The molecule has 0 radical (unpaired) electrons. The summed E-state index contributed by atoms with van der Waals surface area (Å²) >= 11 is 3.30. The number of nitrogens with zero attached hydrogens (tertiary/aromatic N) is 1. The van der Waals surface area contributed by atoms with Gasteiger partial charge in [0, 0.05) is 17.2 Å². The van der Waals surface area contributed by atoms with Crippen LogP contribution in [0.1, 0.15) is 15.9 Å². The first kappa shape index (κ1) is 13.6. The molecule has 0 heterocycles. The van der Waals surface area contributed by atoms with Gasteiger partial charge in [0.05, 0.1) is 11.3 Å². The highest BCUT2D eigenvalue weighted by Crippen LogP contribution is 2.29. The molecule has 0 amide bonds. The Morgan fingerprint density at radius 2 is 1.95 bits per heavy atom. The molecule has 0 saturated carbocycles. The van der Waals surface area contributed by atoms with Gasteiger partial charge in [-0.25, -0.2) is 4.79 Å². The molecule has 0 unspecified atom stereocenters. The third kappa shape index (κ3) is 2.96. The Balaban J connectivity index is 2.49. The Hall–Kier alpha value is -1.81. The molecule has 0 aliphatic heterocycles. The van der Waals surface area contributed by atoms with Crippen LogP contribution in [-0.4, -0.2) is 18.1 Å². The first-order valence-corrected chi connectivity index (χ1v) is 6.61. The summed E-state index contributed by atoms with van der Waals surface area (Å²) < 4.78 is 0.756. The first-order valence-electron chi connectivity index (χ1n) is 5.82. The molecule has 0 saturated heterocycles. The Morgan fingerprint density at radius 3 is 2.58 bits per heavy atom. The Labute approximate surface area is 120 Å². The van der Waals surface area contributed by atoms with Gasteiger partial charge < -0.3 is 10.0 Å². The molecule has 0 spiro atoms. The van der Waals surface area contributed by atoms with E-state index in [1.165, 1.54) is 0 Å². The Morgan fingerprint density at radius 1 is 1.21 bits per heavy atom. The Bertz CT molecular complexity index is 625. The van der Waals surface area contributed by atoms with E-state index in [2.05, 4.69) is 15.9 Å². The minimum Gasteiger partial charge on any atom is -0.478 e. The summed E-state index contributed by atoms with van der Waals surface area (Å²) in [5.41, 5.74) is 3.04. The second-order valence-electron chi connectivity index (χ2n) is 4.36. The van der Waals surface area contributed by atoms with Crippen LogP contribution in [0.2, 0.25) is 0 Å². The van der Waals surface area contributed by atoms with E-state index in [1.807, 2.05) is 49.2 Å². The van der Waals surface area contributed by atoms with Crippen molar-refractivity contribution in [3.05, 3.63) is 58.1 Å². The summed E-state index contributed by atoms with van der Waals surface area (Å²) in [6.07, 6.45) is 0. The van der Waals surface area contributed by atoms with Crippen LogP contribution in [0.15, 0.2) is 46.9 Å². The molecule has 4 heteroatoms. The van der Waals surface area contributed by atoms with Crippen LogP contribution in [0.5, 0.6) is 0 Å². The number of anilines is 2. The lowest BCUT2D eigenvalue weighted by Crippen LogP contribution is -2.14. The summed E-state index contributed by atoms with van der Waals surface area (Å²) in [5.74, 6) is -0.934. The number of carboxylic acids is 1. The maximum absolute atomic E-state index is 11.3. The van der Waals surface area contributed by atoms with Crippen LogP contribution in [0, 0.1) is 6.92 Å². The van der Waals surface area contributed by atoms with E-state index in [0.717, 1.165) is 15.7 Å². The SMILES string of the molecule is Cc1cccc(N(C)c2ccc(Br)cc2C(=O)O)c1. The number of aromatic carboxylic acids is 1. The van der Waals surface area contributed by atoms with Gasteiger partial charge in [-0.1, -0.05) is 28.1 Å². The van der Waals surface area contributed by atoms with E-state index in [4.69, 9.17) is 0 Å². The fraction of sp³-hybridized carbons (Fsp3) is 0.133. The highest BCUT2D eigenvalue weighted by atomic mass is 79.9. The van der Waals surface area contributed by atoms with Gasteiger partial charge in [-0.2, -0.15) is 0 Å². The van der Waals surface area contributed by atoms with Crippen LogP contribution in [0.4, 0.5) is 11.4 Å². The fourth-order valence-electron chi connectivity index (χ4n) is 1.95. The van der Waals surface area contributed by atoms with Crippen molar-refractivity contribution < 1.29 is 9.90 Å². The van der Waals surface area contributed by atoms with Gasteiger partial charge in [0.1, 0.15) is 0 Å². The van der Waals surface area contributed by atoms with Gasteiger partial charge in [0.15, 0.2) is 0 Å². The van der Waals surface area contributed by atoms with Gasteiger partial charge in [-0.3, -0.25) is 0 Å². The van der Waals surface area contributed by atoms with Crippen LogP contribution in [0.3, 0.4) is 0 Å². The van der Waals surface area contributed by atoms with Crippen molar-refractivity contribution >= 4 is 33.3 Å².